The molecule has 0 atom stereocenters. The number of Topliss-reactive ketones (excluding diaryl/α,β-unsaturated/α-hetero) is 1. The Hall–Kier alpha value is -1.42. The summed E-state index contributed by atoms with van der Waals surface area (Å²) in [5.41, 5.74) is -0.511. The molecule has 3 nitrogen and oxygen atoms in total. The highest BCUT2D eigenvalue weighted by Gasteiger charge is 2.22. The lowest BCUT2D eigenvalue weighted by Gasteiger charge is -2.19. The van der Waals surface area contributed by atoms with Gasteiger partial charge in [-0.2, -0.15) is 0 Å². The predicted octanol–water partition coefficient (Wildman–Crippen LogP) is 3.06. The summed E-state index contributed by atoms with van der Waals surface area (Å²) in [6, 6.07) is 3.71. The van der Waals surface area contributed by atoms with Crippen molar-refractivity contribution in [2.24, 2.45) is 0 Å². The molecule has 0 unspecified atom stereocenters. The highest BCUT2D eigenvalue weighted by Crippen LogP contribution is 2.17. The number of carbonyl (C=O) groups excluding carboxylic acids is 2. The number of hydrogen-bond donors (Lipinski definition) is 0. The molecule has 0 aliphatic rings. The molecular formula is C13H16O3S. The summed E-state index contributed by atoms with van der Waals surface area (Å²) in [5.74, 6) is -0.856. The SMILES string of the molecule is CC(=O)C(=Cc1cccs1)C(=O)OC(C)(C)C. The van der Waals surface area contributed by atoms with Gasteiger partial charge in [0.1, 0.15) is 11.2 Å². The third-order valence-electron chi connectivity index (χ3n) is 1.83. The predicted molar refractivity (Wildman–Crippen MR) is 68.8 cm³/mol. The number of thiophene rings is 1. The van der Waals surface area contributed by atoms with Gasteiger partial charge in [-0.25, -0.2) is 4.79 Å². The van der Waals surface area contributed by atoms with E-state index in [-0.39, 0.29) is 11.4 Å². The van der Waals surface area contributed by atoms with E-state index in [0.29, 0.717) is 0 Å². The average Bonchev–Trinajstić information content (AvgIpc) is 2.62. The van der Waals surface area contributed by atoms with Crippen LogP contribution in [0.3, 0.4) is 0 Å². The maximum absolute atomic E-state index is 11.8. The van der Waals surface area contributed by atoms with Crippen molar-refractivity contribution < 1.29 is 14.3 Å². The third kappa shape index (κ3) is 4.53. The van der Waals surface area contributed by atoms with Crippen LogP contribution in [-0.4, -0.2) is 17.4 Å². The molecular weight excluding hydrogens is 236 g/mol. The monoisotopic (exact) mass is 252 g/mol. The van der Waals surface area contributed by atoms with Gasteiger partial charge in [-0.05, 0) is 45.2 Å². The minimum absolute atomic E-state index is 0.0855. The molecule has 0 aliphatic carbocycles. The number of rotatable bonds is 3. The Labute approximate surface area is 105 Å². The van der Waals surface area contributed by atoms with Gasteiger partial charge in [0.15, 0.2) is 5.78 Å². The number of ketones is 1. The molecule has 0 spiro atoms. The van der Waals surface area contributed by atoms with Crippen LogP contribution in [0.15, 0.2) is 23.1 Å². The second-order valence-corrected chi connectivity index (χ2v) is 5.61. The van der Waals surface area contributed by atoms with Crippen molar-refractivity contribution in [1.29, 1.82) is 0 Å². The maximum Gasteiger partial charge on any atom is 0.342 e. The molecule has 1 heterocycles. The molecule has 0 aliphatic heterocycles. The normalized spacial score (nSPS) is 12.4. The van der Waals surface area contributed by atoms with Crippen molar-refractivity contribution in [1.82, 2.24) is 0 Å². The van der Waals surface area contributed by atoms with Crippen LogP contribution < -0.4 is 0 Å². The molecule has 1 rings (SSSR count). The Kier molecular flexibility index (Phi) is 4.23. The minimum atomic E-state index is -0.596. The van der Waals surface area contributed by atoms with Crippen LogP contribution >= 0.6 is 11.3 Å². The van der Waals surface area contributed by atoms with E-state index < -0.39 is 11.6 Å². The highest BCUT2D eigenvalue weighted by molar-refractivity contribution is 7.10. The minimum Gasteiger partial charge on any atom is -0.456 e. The number of esters is 1. The van der Waals surface area contributed by atoms with Crippen molar-refractivity contribution in [3.05, 3.63) is 28.0 Å². The summed E-state index contributed by atoms with van der Waals surface area (Å²) < 4.78 is 5.19. The molecule has 0 amide bonds. The van der Waals surface area contributed by atoms with Gasteiger partial charge >= 0.3 is 5.97 Å². The van der Waals surface area contributed by atoms with Crippen LogP contribution in [0.25, 0.3) is 6.08 Å². The van der Waals surface area contributed by atoms with Crippen LogP contribution in [-0.2, 0) is 14.3 Å². The van der Waals surface area contributed by atoms with E-state index in [0.717, 1.165) is 4.88 Å². The number of hydrogen-bond acceptors (Lipinski definition) is 4. The van der Waals surface area contributed by atoms with Gasteiger partial charge in [-0.1, -0.05) is 6.07 Å². The van der Waals surface area contributed by atoms with Crippen molar-refractivity contribution in [3.63, 3.8) is 0 Å². The van der Waals surface area contributed by atoms with Crippen molar-refractivity contribution in [2.45, 2.75) is 33.3 Å². The summed E-state index contributed by atoms with van der Waals surface area (Å²) in [6.45, 7) is 6.68. The molecule has 0 fully saturated rings. The van der Waals surface area contributed by atoms with Gasteiger partial charge < -0.3 is 4.74 Å². The Morgan fingerprint density at radius 1 is 1.35 bits per heavy atom. The average molecular weight is 252 g/mol. The summed E-state index contributed by atoms with van der Waals surface area (Å²) in [6.07, 6.45) is 1.57. The first-order chi connectivity index (χ1) is 7.79. The van der Waals surface area contributed by atoms with E-state index in [4.69, 9.17) is 4.74 Å². The van der Waals surface area contributed by atoms with E-state index in [2.05, 4.69) is 0 Å². The van der Waals surface area contributed by atoms with Gasteiger partial charge in [-0.3, -0.25) is 4.79 Å². The van der Waals surface area contributed by atoms with Crippen LogP contribution in [0.5, 0.6) is 0 Å². The summed E-state index contributed by atoms with van der Waals surface area (Å²) >= 11 is 1.47. The van der Waals surface area contributed by atoms with Gasteiger partial charge in [-0.15, -0.1) is 11.3 Å². The zero-order valence-corrected chi connectivity index (χ0v) is 11.3. The smallest absolute Gasteiger partial charge is 0.342 e. The summed E-state index contributed by atoms with van der Waals surface area (Å²) in [4.78, 5) is 24.1. The molecule has 0 aromatic carbocycles. The van der Waals surface area contributed by atoms with Crippen LogP contribution in [0.1, 0.15) is 32.6 Å². The number of ether oxygens (including phenoxy) is 1. The molecule has 1 aromatic heterocycles. The molecule has 1 aromatic rings. The molecule has 17 heavy (non-hydrogen) atoms. The molecule has 92 valence electrons. The summed E-state index contributed by atoms with van der Waals surface area (Å²) in [5, 5.41) is 1.89. The highest BCUT2D eigenvalue weighted by atomic mass is 32.1. The molecule has 0 bridgehead atoms. The molecule has 0 radical (unpaired) electrons. The van der Waals surface area contributed by atoms with E-state index in [1.54, 1.807) is 26.8 Å². The molecule has 4 heteroatoms. The Morgan fingerprint density at radius 3 is 2.41 bits per heavy atom. The Balaban J connectivity index is 2.95. The van der Waals surface area contributed by atoms with E-state index in [1.165, 1.54) is 18.3 Å². The zero-order valence-electron chi connectivity index (χ0n) is 10.4. The van der Waals surface area contributed by atoms with Crippen molar-refractivity contribution >= 4 is 29.2 Å². The lowest BCUT2D eigenvalue weighted by molar-refractivity contribution is -0.150. The molecule has 0 N–H and O–H groups in total. The fourth-order valence-electron chi connectivity index (χ4n) is 1.15. The van der Waals surface area contributed by atoms with Crippen LogP contribution in [0, 0.1) is 0 Å². The second kappa shape index (κ2) is 5.27. The first kappa shape index (κ1) is 13.6. The van der Waals surface area contributed by atoms with Crippen LogP contribution in [0.2, 0.25) is 0 Å². The third-order valence-corrected chi connectivity index (χ3v) is 2.65. The first-order valence-electron chi connectivity index (χ1n) is 5.29. The Morgan fingerprint density at radius 2 is 2.00 bits per heavy atom. The fraction of sp³-hybridized carbons (Fsp3) is 0.385. The van der Waals surface area contributed by atoms with Gasteiger partial charge in [0.05, 0.1) is 0 Å². The van der Waals surface area contributed by atoms with Crippen molar-refractivity contribution in [3.8, 4) is 0 Å². The largest absolute Gasteiger partial charge is 0.456 e. The lowest BCUT2D eigenvalue weighted by Crippen LogP contribution is -2.26. The first-order valence-corrected chi connectivity index (χ1v) is 6.17. The fourth-order valence-corrected chi connectivity index (χ4v) is 1.81. The van der Waals surface area contributed by atoms with Gasteiger partial charge in [0, 0.05) is 4.88 Å². The zero-order chi connectivity index (χ0) is 13.1. The Bertz CT molecular complexity index is 436. The van der Waals surface area contributed by atoms with Gasteiger partial charge in [0.25, 0.3) is 0 Å². The quantitative estimate of drug-likeness (QED) is 0.359. The summed E-state index contributed by atoms with van der Waals surface area (Å²) in [7, 11) is 0. The van der Waals surface area contributed by atoms with E-state index >= 15 is 0 Å². The van der Waals surface area contributed by atoms with E-state index in [1.807, 2.05) is 17.5 Å². The standard InChI is InChI=1S/C13H16O3S/c1-9(14)11(8-10-6-5-7-17-10)12(15)16-13(2,3)4/h5-8H,1-4H3. The van der Waals surface area contributed by atoms with Gasteiger partial charge in [0.2, 0.25) is 0 Å². The lowest BCUT2D eigenvalue weighted by atomic mass is 10.1. The second-order valence-electron chi connectivity index (χ2n) is 4.63. The van der Waals surface area contributed by atoms with Crippen LogP contribution in [0.4, 0.5) is 0 Å². The maximum atomic E-state index is 11.8. The molecule has 0 saturated carbocycles. The van der Waals surface area contributed by atoms with Crippen molar-refractivity contribution in [2.75, 3.05) is 0 Å². The topological polar surface area (TPSA) is 43.4 Å². The number of carbonyl (C=O) groups is 2. The van der Waals surface area contributed by atoms with E-state index in [9.17, 15) is 9.59 Å². The molecule has 0 saturated heterocycles.